The van der Waals surface area contributed by atoms with E-state index in [-0.39, 0.29) is 12.0 Å². The Kier molecular flexibility index (Phi) is 3.71. The van der Waals surface area contributed by atoms with Gasteiger partial charge in [-0.3, -0.25) is 9.59 Å². The fourth-order valence-corrected chi connectivity index (χ4v) is 2.86. The van der Waals surface area contributed by atoms with Crippen LogP contribution in [0.4, 0.5) is 0 Å². The number of ketones is 2. The Bertz CT molecular complexity index is 628. The highest BCUT2D eigenvalue weighted by Gasteiger charge is 2.29. The molecule has 1 fully saturated rings. The molecule has 2 aliphatic rings. The first-order chi connectivity index (χ1) is 10.2. The van der Waals surface area contributed by atoms with Crippen LogP contribution in [0.25, 0.3) is 0 Å². The molecule has 1 aromatic rings. The van der Waals surface area contributed by atoms with Gasteiger partial charge in [-0.1, -0.05) is 18.2 Å². The Balaban J connectivity index is 1.70. The number of nitrogens with one attached hydrogen (secondary N) is 1. The molecule has 0 amide bonds. The van der Waals surface area contributed by atoms with Crippen molar-refractivity contribution < 1.29 is 14.3 Å². The molecule has 0 spiro atoms. The highest BCUT2D eigenvalue weighted by Crippen LogP contribution is 2.33. The second-order valence-electron chi connectivity index (χ2n) is 5.37. The summed E-state index contributed by atoms with van der Waals surface area (Å²) in [6.07, 6.45) is 5.54. The number of carbonyl (C=O) groups excluding carboxylic acids is 2. The van der Waals surface area contributed by atoms with Crippen LogP contribution < -0.4 is 10.1 Å². The predicted molar refractivity (Wildman–Crippen MR) is 79.1 cm³/mol. The van der Waals surface area contributed by atoms with Crippen LogP contribution in [-0.4, -0.2) is 25.2 Å². The third kappa shape index (κ3) is 2.81. The molecule has 1 aliphatic carbocycles. The van der Waals surface area contributed by atoms with Crippen LogP contribution >= 0.6 is 0 Å². The number of ether oxygens (including phenoxy) is 1. The standard InChI is InChI=1S/C17H17NO3/c1-21-14-5-2-11(3-6-14)15-8-13(10-18-15)12-4-7-16(19)17(20)9-12/h2-7,9,13,15,18H,8,10H2,1H3. The molecule has 0 aromatic heterocycles. The van der Waals surface area contributed by atoms with Crippen LogP contribution in [-0.2, 0) is 9.59 Å². The van der Waals surface area contributed by atoms with Gasteiger partial charge in [-0.2, -0.15) is 0 Å². The van der Waals surface area contributed by atoms with Gasteiger partial charge in [0.1, 0.15) is 5.75 Å². The molecule has 2 unspecified atom stereocenters. The summed E-state index contributed by atoms with van der Waals surface area (Å²) in [7, 11) is 1.65. The Morgan fingerprint density at radius 3 is 2.52 bits per heavy atom. The maximum absolute atomic E-state index is 11.5. The van der Waals surface area contributed by atoms with Gasteiger partial charge in [0.25, 0.3) is 0 Å². The second-order valence-corrected chi connectivity index (χ2v) is 5.37. The Labute approximate surface area is 123 Å². The van der Waals surface area contributed by atoms with E-state index >= 15 is 0 Å². The molecule has 3 rings (SSSR count). The molecule has 0 bridgehead atoms. The van der Waals surface area contributed by atoms with Crippen molar-refractivity contribution in [1.82, 2.24) is 5.32 Å². The predicted octanol–water partition coefficient (Wildman–Crippen LogP) is 1.98. The zero-order valence-corrected chi connectivity index (χ0v) is 11.8. The van der Waals surface area contributed by atoms with E-state index in [1.165, 1.54) is 17.7 Å². The van der Waals surface area contributed by atoms with E-state index in [1.54, 1.807) is 13.2 Å². The summed E-state index contributed by atoms with van der Waals surface area (Å²) in [6, 6.07) is 8.28. The quantitative estimate of drug-likeness (QED) is 0.681. The number of benzene rings is 1. The lowest BCUT2D eigenvalue weighted by Crippen LogP contribution is -2.17. The van der Waals surface area contributed by atoms with Crippen LogP contribution in [0.15, 0.2) is 48.1 Å². The smallest absolute Gasteiger partial charge is 0.225 e. The molecule has 4 nitrogen and oxygen atoms in total. The van der Waals surface area contributed by atoms with Gasteiger partial charge >= 0.3 is 0 Å². The number of methoxy groups -OCH3 is 1. The van der Waals surface area contributed by atoms with Crippen molar-refractivity contribution >= 4 is 11.6 Å². The van der Waals surface area contributed by atoms with E-state index in [4.69, 9.17) is 4.74 Å². The summed E-state index contributed by atoms with van der Waals surface area (Å²) in [5.41, 5.74) is 2.16. The van der Waals surface area contributed by atoms with Crippen molar-refractivity contribution in [2.24, 2.45) is 5.92 Å². The lowest BCUT2D eigenvalue weighted by molar-refractivity contribution is -0.131. The molecule has 0 radical (unpaired) electrons. The molecule has 1 aromatic carbocycles. The van der Waals surface area contributed by atoms with Crippen LogP contribution in [0.3, 0.4) is 0 Å². The average Bonchev–Trinajstić information content (AvgIpc) is 3.00. The summed E-state index contributed by atoms with van der Waals surface area (Å²) < 4.78 is 5.16. The number of rotatable bonds is 3. The van der Waals surface area contributed by atoms with Gasteiger partial charge < -0.3 is 10.1 Å². The van der Waals surface area contributed by atoms with Gasteiger partial charge in [-0.15, -0.1) is 0 Å². The van der Waals surface area contributed by atoms with Crippen molar-refractivity contribution in [3.8, 4) is 5.75 Å². The van der Waals surface area contributed by atoms with Crippen LogP contribution in [0.2, 0.25) is 0 Å². The molecule has 1 N–H and O–H groups in total. The summed E-state index contributed by atoms with van der Waals surface area (Å²) in [6.45, 7) is 0.814. The molecule has 1 heterocycles. The fourth-order valence-electron chi connectivity index (χ4n) is 2.86. The maximum atomic E-state index is 11.5. The van der Waals surface area contributed by atoms with Gasteiger partial charge in [0, 0.05) is 12.6 Å². The van der Waals surface area contributed by atoms with Gasteiger partial charge in [0.05, 0.1) is 7.11 Å². The monoisotopic (exact) mass is 283 g/mol. The third-order valence-electron chi connectivity index (χ3n) is 4.09. The first kappa shape index (κ1) is 13.8. The normalized spacial score (nSPS) is 25.1. The van der Waals surface area contributed by atoms with Crippen LogP contribution in [0.1, 0.15) is 18.0 Å². The molecule has 1 saturated heterocycles. The Hall–Kier alpha value is -2.20. The molecular formula is C17H17NO3. The number of hydrogen-bond acceptors (Lipinski definition) is 4. The van der Waals surface area contributed by atoms with Crippen LogP contribution in [0.5, 0.6) is 5.75 Å². The minimum absolute atomic E-state index is 0.267. The van der Waals surface area contributed by atoms with E-state index in [2.05, 4.69) is 17.4 Å². The Morgan fingerprint density at radius 1 is 1.10 bits per heavy atom. The number of hydrogen-bond donors (Lipinski definition) is 1. The molecule has 108 valence electrons. The summed E-state index contributed by atoms with van der Waals surface area (Å²) >= 11 is 0. The minimum Gasteiger partial charge on any atom is -0.497 e. The fraction of sp³-hybridized carbons (Fsp3) is 0.294. The van der Waals surface area contributed by atoms with Crippen molar-refractivity contribution in [3.05, 3.63) is 53.6 Å². The minimum atomic E-state index is -0.434. The lowest BCUT2D eigenvalue weighted by Gasteiger charge is -2.13. The van der Waals surface area contributed by atoms with Crippen LogP contribution in [0, 0.1) is 5.92 Å². The zero-order chi connectivity index (χ0) is 14.8. The van der Waals surface area contributed by atoms with Crippen molar-refractivity contribution in [2.45, 2.75) is 12.5 Å². The third-order valence-corrected chi connectivity index (χ3v) is 4.09. The average molecular weight is 283 g/mol. The summed E-state index contributed by atoms with van der Waals surface area (Å²) in [5.74, 6) is 0.262. The number of allylic oxidation sites excluding steroid dienone is 3. The van der Waals surface area contributed by atoms with E-state index in [9.17, 15) is 9.59 Å². The molecule has 0 saturated carbocycles. The van der Waals surface area contributed by atoms with Gasteiger partial charge in [-0.05, 0) is 47.8 Å². The zero-order valence-electron chi connectivity index (χ0n) is 11.8. The first-order valence-corrected chi connectivity index (χ1v) is 7.02. The molecule has 21 heavy (non-hydrogen) atoms. The van der Waals surface area contributed by atoms with Gasteiger partial charge in [0.15, 0.2) is 0 Å². The van der Waals surface area contributed by atoms with Crippen molar-refractivity contribution in [2.75, 3.05) is 13.7 Å². The van der Waals surface area contributed by atoms with Gasteiger partial charge in [-0.25, -0.2) is 0 Å². The molecule has 4 heteroatoms. The summed E-state index contributed by atoms with van der Waals surface area (Å²) in [4.78, 5) is 22.7. The maximum Gasteiger partial charge on any atom is 0.225 e. The molecular weight excluding hydrogens is 266 g/mol. The SMILES string of the molecule is COc1ccc(C2CC(C3=CC(=O)C(=O)C=C3)CN2)cc1. The van der Waals surface area contributed by atoms with Gasteiger partial charge in [0.2, 0.25) is 11.6 Å². The van der Waals surface area contributed by atoms with Crippen molar-refractivity contribution in [1.29, 1.82) is 0 Å². The topological polar surface area (TPSA) is 55.4 Å². The van der Waals surface area contributed by atoms with E-state index in [0.717, 1.165) is 24.3 Å². The second kappa shape index (κ2) is 5.66. The summed E-state index contributed by atoms with van der Waals surface area (Å²) in [5, 5.41) is 3.47. The highest BCUT2D eigenvalue weighted by atomic mass is 16.5. The number of carbonyl (C=O) groups is 2. The van der Waals surface area contributed by atoms with E-state index < -0.39 is 11.6 Å². The first-order valence-electron chi connectivity index (χ1n) is 7.02. The van der Waals surface area contributed by atoms with Crippen molar-refractivity contribution in [3.63, 3.8) is 0 Å². The van der Waals surface area contributed by atoms with E-state index in [1.807, 2.05) is 12.1 Å². The molecule has 2 atom stereocenters. The lowest BCUT2D eigenvalue weighted by atomic mass is 9.90. The van der Waals surface area contributed by atoms with E-state index in [0.29, 0.717) is 0 Å². The molecule has 1 aliphatic heterocycles. The largest absolute Gasteiger partial charge is 0.497 e. The highest BCUT2D eigenvalue weighted by molar-refractivity contribution is 6.46. The Morgan fingerprint density at radius 2 is 1.86 bits per heavy atom.